The van der Waals surface area contributed by atoms with Gasteiger partial charge in [-0.2, -0.15) is 5.12 Å². The molecule has 0 heterocycles. The highest BCUT2D eigenvalue weighted by atomic mass is 16.5. The van der Waals surface area contributed by atoms with Gasteiger partial charge in [-0.05, 0) is 5.92 Å². The molecule has 66 valence electrons. The number of nitrogens with two attached hydrogens (primary N) is 2. The molecule has 0 saturated heterocycles. The molecular weight excluding hydrogens is 146 g/mol. The standard InChI is InChI=1S/C6H15N3O2/c1-5(2)4-11-6(10)3-9(7)8/h5H,3-4,7-8H2,1-2H3. The number of hydrogen-bond acceptors (Lipinski definition) is 5. The van der Waals surface area contributed by atoms with Crippen molar-refractivity contribution in [3.05, 3.63) is 0 Å². The van der Waals surface area contributed by atoms with Gasteiger partial charge in [0.1, 0.15) is 6.54 Å². The van der Waals surface area contributed by atoms with Gasteiger partial charge in [0.15, 0.2) is 0 Å². The zero-order valence-electron chi connectivity index (χ0n) is 6.91. The van der Waals surface area contributed by atoms with Crippen molar-refractivity contribution in [3.8, 4) is 0 Å². The van der Waals surface area contributed by atoms with Gasteiger partial charge in [-0.25, -0.2) is 0 Å². The third-order valence-corrected chi connectivity index (χ3v) is 0.889. The first-order valence-corrected chi connectivity index (χ1v) is 3.45. The first-order valence-electron chi connectivity index (χ1n) is 3.45. The van der Waals surface area contributed by atoms with Crippen molar-refractivity contribution in [2.75, 3.05) is 13.2 Å². The van der Waals surface area contributed by atoms with Crippen LogP contribution in [0.25, 0.3) is 0 Å². The number of esters is 1. The van der Waals surface area contributed by atoms with Crippen LogP contribution in [0.15, 0.2) is 0 Å². The van der Waals surface area contributed by atoms with Crippen LogP contribution in [0.4, 0.5) is 0 Å². The van der Waals surface area contributed by atoms with Gasteiger partial charge in [-0.1, -0.05) is 13.8 Å². The van der Waals surface area contributed by atoms with Crippen LogP contribution in [0.5, 0.6) is 0 Å². The van der Waals surface area contributed by atoms with Crippen LogP contribution in [0, 0.1) is 5.92 Å². The zero-order chi connectivity index (χ0) is 8.85. The van der Waals surface area contributed by atoms with E-state index >= 15 is 0 Å². The predicted molar refractivity (Wildman–Crippen MR) is 40.9 cm³/mol. The lowest BCUT2D eigenvalue weighted by molar-refractivity contribution is -0.146. The van der Waals surface area contributed by atoms with Crippen LogP contribution >= 0.6 is 0 Å². The van der Waals surface area contributed by atoms with E-state index in [0.29, 0.717) is 12.5 Å². The molecule has 0 aliphatic heterocycles. The number of hydrogen-bond donors (Lipinski definition) is 2. The topological polar surface area (TPSA) is 81.6 Å². The fraction of sp³-hybridized carbons (Fsp3) is 0.833. The Kier molecular flexibility index (Phi) is 4.76. The molecule has 0 amide bonds. The quantitative estimate of drug-likeness (QED) is 0.321. The molecule has 0 radical (unpaired) electrons. The molecule has 0 rings (SSSR count). The Hall–Kier alpha value is -0.650. The summed E-state index contributed by atoms with van der Waals surface area (Å²) in [6.45, 7) is 4.24. The van der Waals surface area contributed by atoms with Crippen molar-refractivity contribution in [3.63, 3.8) is 0 Å². The lowest BCUT2D eigenvalue weighted by atomic mass is 10.2. The van der Waals surface area contributed by atoms with Crippen molar-refractivity contribution >= 4 is 5.97 Å². The van der Waals surface area contributed by atoms with E-state index < -0.39 is 5.97 Å². The molecule has 0 fully saturated rings. The Morgan fingerprint density at radius 2 is 2.09 bits per heavy atom. The Bertz CT molecular complexity index is 125. The molecule has 0 saturated carbocycles. The molecule has 0 aromatic rings. The van der Waals surface area contributed by atoms with Crippen molar-refractivity contribution in [1.29, 1.82) is 0 Å². The second-order valence-corrected chi connectivity index (χ2v) is 2.75. The maximum Gasteiger partial charge on any atom is 0.323 e. The number of ether oxygens (including phenoxy) is 1. The van der Waals surface area contributed by atoms with Crippen LogP contribution in [0.2, 0.25) is 0 Å². The van der Waals surface area contributed by atoms with E-state index in [-0.39, 0.29) is 6.54 Å². The maximum absolute atomic E-state index is 10.7. The third kappa shape index (κ3) is 7.24. The van der Waals surface area contributed by atoms with E-state index in [9.17, 15) is 4.79 Å². The normalized spacial score (nSPS) is 10.7. The molecule has 0 spiro atoms. The minimum Gasteiger partial charge on any atom is -0.464 e. The van der Waals surface area contributed by atoms with E-state index in [1.54, 1.807) is 0 Å². The van der Waals surface area contributed by atoms with Gasteiger partial charge < -0.3 is 4.74 Å². The van der Waals surface area contributed by atoms with Gasteiger partial charge in [-0.15, -0.1) is 0 Å². The molecule has 5 heteroatoms. The average Bonchev–Trinajstić information content (AvgIpc) is 1.82. The molecule has 0 bridgehead atoms. The van der Waals surface area contributed by atoms with Crippen molar-refractivity contribution in [2.24, 2.45) is 17.6 Å². The molecular formula is C6H15N3O2. The summed E-state index contributed by atoms with van der Waals surface area (Å²) >= 11 is 0. The molecule has 0 aliphatic rings. The largest absolute Gasteiger partial charge is 0.464 e. The van der Waals surface area contributed by atoms with Crippen molar-refractivity contribution in [1.82, 2.24) is 5.12 Å². The third-order valence-electron chi connectivity index (χ3n) is 0.889. The van der Waals surface area contributed by atoms with Gasteiger partial charge in [0.25, 0.3) is 0 Å². The molecule has 0 unspecified atom stereocenters. The number of nitrogens with zero attached hydrogens (tertiary/aromatic N) is 1. The lowest BCUT2D eigenvalue weighted by Crippen LogP contribution is -2.42. The fourth-order valence-electron chi connectivity index (χ4n) is 0.454. The Morgan fingerprint density at radius 3 is 2.45 bits per heavy atom. The van der Waals surface area contributed by atoms with E-state index in [0.717, 1.165) is 5.12 Å². The van der Waals surface area contributed by atoms with Crippen LogP contribution in [-0.4, -0.2) is 24.2 Å². The van der Waals surface area contributed by atoms with Crippen LogP contribution in [0.3, 0.4) is 0 Å². The van der Waals surface area contributed by atoms with Gasteiger partial charge in [-0.3, -0.25) is 16.5 Å². The van der Waals surface area contributed by atoms with Gasteiger partial charge in [0.05, 0.1) is 6.61 Å². The van der Waals surface area contributed by atoms with Crippen LogP contribution < -0.4 is 11.7 Å². The molecule has 4 N–H and O–H groups in total. The van der Waals surface area contributed by atoms with E-state index in [4.69, 9.17) is 16.4 Å². The fourth-order valence-corrected chi connectivity index (χ4v) is 0.454. The van der Waals surface area contributed by atoms with Gasteiger partial charge in [0, 0.05) is 0 Å². The number of carbonyl (C=O) groups excluding carboxylic acids is 1. The summed E-state index contributed by atoms with van der Waals surface area (Å²) in [6, 6.07) is 0. The summed E-state index contributed by atoms with van der Waals surface area (Å²) in [5, 5.41) is 0.794. The summed E-state index contributed by atoms with van der Waals surface area (Å²) in [5.41, 5.74) is 0. The van der Waals surface area contributed by atoms with Gasteiger partial charge in [0.2, 0.25) is 0 Å². The molecule has 0 atom stereocenters. The van der Waals surface area contributed by atoms with Gasteiger partial charge >= 0.3 is 5.97 Å². The number of rotatable bonds is 4. The number of carbonyl (C=O) groups is 1. The van der Waals surface area contributed by atoms with Crippen molar-refractivity contribution in [2.45, 2.75) is 13.8 Å². The van der Waals surface area contributed by atoms with E-state index in [2.05, 4.69) is 0 Å². The molecule has 5 nitrogen and oxygen atoms in total. The average molecular weight is 161 g/mol. The maximum atomic E-state index is 10.7. The summed E-state index contributed by atoms with van der Waals surface area (Å²) in [4.78, 5) is 10.7. The summed E-state index contributed by atoms with van der Waals surface area (Å²) in [7, 11) is 0. The second-order valence-electron chi connectivity index (χ2n) is 2.75. The molecule has 0 aromatic carbocycles. The smallest absolute Gasteiger partial charge is 0.323 e. The SMILES string of the molecule is CC(C)COC(=O)CN(N)N. The predicted octanol–water partition coefficient (Wildman–Crippen LogP) is -0.765. The minimum absolute atomic E-state index is 0.0767. The lowest BCUT2D eigenvalue weighted by Gasteiger charge is -2.10. The molecule has 11 heavy (non-hydrogen) atoms. The number of hydrazine groups is 2. The molecule has 0 aromatic heterocycles. The Balaban J connectivity index is 3.38. The minimum atomic E-state index is -0.399. The van der Waals surface area contributed by atoms with E-state index in [1.807, 2.05) is 13.8 Å². The first kappa shape index (κ1) is 10.3. The highest BCUT2D eigenvalue weighted by Crippen LogP contribution is 1.92. The monoisotopic (exact) mass is 161 g/mol. The molecule has 0 aliphatic carbocycles. The highest BCUT2D eigenvalue weighted by molar-refractivity contribution is 5.71. The van der Waals surface area contributed by atoms with Crippen LogP contribution in [-0.2, 0) is 9.53 Å². The first-order chi connectivity index (χ1) is 5.02. The summed E-state index contributed by atoms with van der Waals surface area (Å²) < 4.78 is 4.77. The van der Waals surface area contributed by atoms with E-state index in [1.165, 1.54) is 0 Å². The second kappa shape index (κ2) is 5.06. The Morgan fingerprint density at radius 1 is 1.55 bits per heavy atom. The summed E-state index contributed by atoms with van der Waals surface area (Å²) in [6.07, 6.45) is 0. The summed E-state index contributed by atoms with van der Waals surface area (Å²) in [5.74, 6) is 9.96. The zero-order valence-corrected chi connectivity index (χ0v) is 6.91. The van der Waals surface area contributed by atoms with Crippen molar-refractivity contribution < 1.29 is 9.53 Å². The highest BCUT2D eigenvalue weighted by Gasteiger charge is 2.05. The Labute approximate surface area is 66.2 Å². The van der Waals surface area contributed by atoms with Crippen LogP contribution in [0.1, 0.15) is 13.8 Å².